The van der Waals surface area contributed by atoms with Gasteiger partial charge in [0.1, 0.15) is 18.0 Å². The molecule has 3 heterocycles. The minimum absolute atomic E-state index is 0.0302. The summed E-state index contributed by atoms with van der Waals surface area (Å²) in [5.74, 6) is -0.371. The summed E-state index contributed by atoms with van der Waals surface area (Å²) >= 11 is 0. The molecule has 0 radical (unpaired) electrons. The number of pyridine rings is 1. The number of carbonyl (C=O) groups is 1. The van der Waals surface area contributed by atoms with Gasteiger partial charge in [0.25, 0.3) is 0 Å². The molecule has 0 saturated heterocycles. The Morgan fingerprint density at radius 1 is 1.16 bits per heavy atom. The van der Waals surface area contributed by atoms with Gasteiger partial charge in [-0.15, -0.1) is 0 Å². The molecular formula is C22H20F4N4O. The molecule has 5 nitrogen and oxygen atoms in total. The summed E-state index contributed by atoms with van der Waals surface area (Å²) in [5.41, 5.74) is 0.690. The maximum Gasteiger partial charge on any atom is 0.418 e. The van der Waals surface area contributed by atoms with Crippen molar-refractivity contribution in [3.63, 3.8) is 0 Å². The Hall–Kier alpha value is -3.23. The molecule has 31 heavy (non-hydrogen) atoms. The van der Waals surface area contributed by atoms with E-state index in [1.54, 1.807) is 22.7 Å². The predicted molar refractivity (Wildman–Crippen MR) is 107 cm³/mol. The van der Waals surface area contributed by atoms with Crippen molar-refractivity contribution in [3.8, 4) is 5.82 Å². The summed E-state index contributed by atoms with van der Waals surface area (Å²) in [7, 11) is 0. The second-order valence-electron chi connectivity index (χ2n) is 7.59. The summed E-state index contributed by atoms with van der Waals surface area (Å²) in [6.07, 6.45) is -1.51. The Labute approximate surface area is 176 Å². The SMILES string of the molecule is CC(=O)c1ccc(N2CCc3c(ncn3-c3ccc(F)cn3)C2C)c(C(F)(F)F)c1C. The van der Waals surface area contributed by atoms with Crippen LogP contribution in [0.25, 0.3) is 5.82 Å². The maximum atomic E-state index is 14.0. The number of halogens is 4. The van der Waals surface area contributed by atoms with Crippen LogP contribution in [0.5, 0.6) is 0 Å². The highest BCUT2D eigenvalue weighted by Crippen LogP contribution is 2.43. The lowest BCUT2D eigenvalue weighted by Gasteiger charge is -2.37. The molecule has 4 rings (SSSR count). The summed E-state index contributed by atoms with van der Waals surface area (Å²) in [5, 5.41) is 0. The van der Waals surface area contributed by atoms with Crippen LogP contribution in [0.2, 0.25) is 0 Å². The van der Waals surface area contributed by atoms with E-state index in [4.69, 9.17) is 0 Å². The third-order valence-electron chi connectivity index (χ3n) is 5.73. The van der Waals surface area contributed by atoms with Gasteiger partial charge in [0, 0.05) is 24.2 Å². The van der Waals surface area contributed by atoms with Crippen molar-refractivity contribution in [1.29, 1.82) is 0 Å². The Balaban J connectivity index is 1.77. The number of hydrogen-bond acceptors (Lipinski definition) is 4. The van der Waals surface area contributed by atoms with E-state index in [0.29, 0.717) is 24.5 Å². The van der Waals surface area contributed by atoms with E-state index >= 15 is 0 Å². The average Bonchev–Trinajstić information content (AvgIpc) is 3.12. The molecule has 0 N–H and O–H groups in total. The van der Waals surface area contributed by atoms with Gasteiger partial charge < -0.3 is 4.90 Å². The van der Waals surface area contributed by atoms with Crippen molar-refractivity contribution in [2.45, 2.75) is 39.4 Å². The number of Topliss-reactive ketones (excluding diaryl/α,β-unsaturated/α-hetero) is 1. The number of carbonyl (C=O) groups excluding carboxylic acids is 1. The van der Waals surface area contributed by atoms with Crippen LogP contribution < -0.4 is 4.90 Å². The number of hydrogen-bond donors (Lipinski definition) is 0. The van der Waals surface area contributed by atoms with Crippen LogP contribution in [0.1, 0.15) is 52.8 Å². The molecule has 9 heteroatoms. The first kappa shape index (κ1) is 21.0. The first-order valence-electron chi connectivity index (χ1n) is 9.76. The smallest absolute Gasteiger partial charge is 0.362 e. The van der Waals surface area contributed by atoms with Crippen molar-refractivity contribution >= 4 is 11.5 Å². The minimum Gasteiger partial charge on any atom is -0.362 e. The van der Waals surface area contributed by atoms with Crippen LogP contribution >= 0.6 is 0 Å². The van der Waals surface area contributed by atoms with Crippen LogP contribution in [-0.4, -0.2) is 26.9 Å². The van der Waals surface area contributed by atoms with Crippen molar-refractivity contribution in [3.05, 3.63) is 70.7 Å². The molecule has 0 amide bonds. The number of ketones is 1. The van der Waals surface area contributed by atoms with Gasteiger partial charge in [-0.05, 0) is 50.6 Å². The number of fused-ring (bicyclic) bond motifs is 1. The molecule has 0 bridgehead atoms. The van der Waals surface area contributed by atoms with Crippen molar-refractivity contribution in [1.82, 2.24) is 14.5 Å². The highest BCUT2D eigenvalue weighted by Gasteiger charge is 2.40. The third kappa shape index (κ3) is 3.58. The van der Waals surface area contributed by atoms with Crippen LogP contribution in [0.4, 0.5) is 23.2 Å². The van der Waals surface area contributed by atoms with Crippen LogP contribution in [0.3, 0.4) is 0 Å². The molecule has 1 atom stereocenters. The zero-order chi connectivity index (χ0) is 22.5. The second kappa shape index (κ2) is 7.47. The molecule has 1 aliphatic heterocycles. The van der Waals surface area contributed by atoms with E-state index in [1.165, 1.54) is 38.1 Å². The number of nitrogens with zero attached hydrogens (tertiary/aromatic N) is 4. The fourth-order valence-electron chi connectivity index (χ4n) is 4.27. The van der Waals surface area contributed by atoms with Gasteiger partial charge in [-0.1, -0.05) is 0 Å². The lowest BCUT2D eigenvalue weighted by molar-refractivity contribution is -0.137. The number of aromatic nitrogens is 3. The molecule has 2 aromatic heterocycles. The lowest BCUT2D eigenvalue weighted by Crippen LogP contribution is -2.36. The highest BCUT2D eigenvalue weighted by molar-refractivity contribution is 5.96. The fourth-order valence-corrected chi connectivity index (χ4v) is 4.27. The van der Waals surface area contributed by atoms with Crippen molar-refractivity contribution < 1.29 is 22.4 Å². The molecule has 1 unspecified atom stereocenters. The van der Waals surface area contributed by atoms with E-state index < -0.39 is 29.4 Å². The minimum atomic E-state index is -4.61. The van der Waals surface area contributed by atoms with Gasteiger partial charge in [0.2, 0.25) is 0 Å². The first-order valence-corrected chi connectivity index (χ1v) is 9.76. The summed E-state index contributed by atoms with van der Waals surface area (Å²) in [6, 6.07) is 5.20. The van der Waals surface area contributed by atoms with E-state index in [2.05, 4.69) is 9.97 Å². The molecule has 0 spiro atoms. The van der Waals surface area contributed by atoms with Gasteiger partial charge >= 0.3 is 6.18 Å². The average molecular weight is 432 g/mol. The molecular weight excluding hydrogens is 412 g/mol. The van der Waals surface area contributed by atoms with E-state index in [0.717, 1.165) is 11.9 Å². The zero-order valence-corrected chi connectivity index (χ0v) is 17.2. The number of anilines is 1. The van der Waals surface area contributed by atoms with Gasteiger partial charge in [-0.2, -0.15) is 13.2 Å². The Morgan fingerprint density at radius 2 is 1.90 bits per heavy atom. The van der Waals surface area contributed by atoms with Crippen LogP contribution in [0.15, 0.2) is 36.8 Å². The largest absolute Gasteiger partial charge is 0.418 e. The first-order chi connectivity index (χ1) is 14.6. The molecule has 3 aromatic rings. The summed E-state index contributed by atoms with van der Waals surface area (Å²) in [6.45, 7) is 4.71. The van der Waals surface area contributed by atoms with E-state index in [1.807, 2.05) is 0 Å². The molecule has 0 saturated carbocycles. The standard InChI is InChI=1S/C22H20F4N4O/c1-12-16(14(3)31)5-6-17(20(12)22(24,25)26)29-9-8-18-21(13(29)2)28-11-30(18)19-7-4-15(23)10-27-19/h4-7,10-11,13H,8-9H2,1-3H3. The Kier molecular flexibility index (Phi) is 5.07. The van der Waals surface area contributed by atoms with Gasteiger partial charge in [0.15, 0.2) is 5.78 Å². The number of benzene rings is 1. The van der Waals surface area contributed by atoms with Crippen LogP contribution in [0, 0.1) is 12.7 Å². The summed E-state index contributed by atoms with van der Waals surface area (Å²) in [4.78, 5) is 22.0. The highest BCUT2D eigenvalue weighted by atomic mass is 19.4. The number of alkyl halides is 3. The monoisotopic (exact) mass is 432 g/mol. The van der Waals surface area contributed by atoms with Gasteiger partial charge in [0.05, 0.1) is 29.2 Å². The molecule has 1 aliphatic rings. The summed E-state index contributed by atoms with van der Waals surface area (Å²) < 4.78 is 56.9. The Bertz CT molecular complexity index is 1150. The second-order valence-corrected chi connectivity index (χ2v) is 7.59. The molecule has 0 fully saturated rings. The van der Waals surface area contributed by atoms with E-state index in [-0.39, 0.29) is 16.8 Å². The molecule has 1 aromatic carbocycles. The van der Waals surface area contributed by atoms with Gasteiger partial charge in [-0.25, -0.2) is 14.4 Å². The van der Waals surface area contributed by atoms with E-state index in [9.17, 15) is 22.4 Å². The maximum absolute atomic E-state index is 14.0. The predicted octanol–water partition coefficient (Wildman–Crippen LogP) is 5.06. The Morgan fingerprint density at radius 3 is 2.52 bits per heavy atom. The lowest BCUT2D eigenvalue weighted by atomic mass is 9.94. The number of rotatable bonds is 3. The zero-order valence-electron chi connectivity index (χ0n) is 17.2. The third-order valence-corrected chi connectivity index (χ3v) is 5.73. The van der Waals surface area contributed by atoms with Crippen molar-refractivity contribution in [2.75, 3.05) is 11.4 Å². The molecule has 0 aliphatic carbocycles. The van der Waals surface area contributed by atoms with Gasteiger partial charge in [-0.3, -0.25) is 9.36 Å². The topological polar surface area (TPSA) is 51.0 Å². The van der Waals surface area contributed by atoms with Crippen LogP contribution in [-0.2, 0) is 12.6 Å². The normalized spacial score (nSPS) is 16.4. The van der Waals surface area contributed by atoms with Crippen molar-refractivity contribution in [2.24, 2.45) is 0 Å². The quantitative estimate of drug-likeness (QED) is 0.429. The fraction of sp³-hybridized carbons (Fsp3) is 0.318. The number of imidazole rings is 1. The molecule has 162 valence electrons.